The molecule has 0 aromatic heterocycles. The van der Waals surface area contributed by atoms with E-state index in [1.807, 2.05) is 6.08 Å². The summed E-state index contributed by atoms with van der Waals surface area (Å²) in [6, 6.07) is 0. The number of thiol groups is 1. The summed E-state index contributed by atoms with van der Waals surface area (Å²) < 4.78 is 5.66. The van der Waals surface area contributed by atoms with Gasteiger partial charge in [0.2, 0.25) is 0 Å². The maximum absolute atomic E-state index is 5.66. The van der Waals surface area contributed by atoms with Gasteiger partial charge in [-0.25, -0.2) is 0 Å². The van der Waals surface area contributed by atoms with E-state index >= 15 is 0 Å². The van der Waals surface area contributed by atoms with E-state index in [9.17, 15) is 0 Å². The summed E-state index contributed by atoms with van der Waals surface area (Å²) in [6.45, 7) is 0.769. The van der Waals surface area contributed by atoms with Crippen molar-refractivity contribution in [2.75, 3.05) is 12.4 Å². The summed E-state index contributed by atoms with van der Waals surface area (Å²) in [6.07, 6.45) is 11.2. The Bertz CT molecular complexity index is 128. The zero-order valence-electron chi connectivity index (χ0n) is 7.54. The van der Waals surface area contributed by atoms with Gasteiger partial charge in [0, 0.05) is 5.75 Å². The van der Waals surface area contributed by atoms with Crippen LogP contribution in [0.3, 0.4) is 0 Å². The van der Waals surface area contributed by atoms with Gasteiger partial charge in [0.15, 0.2) is 0 Å². The Morgan fingerprint density at radius 3 is 2.58 bits per heavy atom. The van der Waals surface area contributed by atoms with Crippen LogP contribution in [-0.2, 0) is 4.74 Å². The van der Waals surface area contributed by atoms with Crippen molar-refractivity contribution in [1.82, 2.24) is 0 Å². The van der Waals surface area contributed by atoms with Gasteiger partial charge in [-0.15, -0.1) is 0 Å². The third-order valence-electron chi connectivity index (χ3n) is 2.25. The van der Waals surface area contributed by atoms with Crippen molar-refractivity contribution in [3.05, 3.63) is 12.2 Å². The second-order valence-electron chi connectivity index (χ2n) is 3.25. The molecule has 0 atom stereocenters. The molecule has 2 heteroatoms. The SMILES string of the molecule is SCC=CCOC1CCCCC1. The van der Waals surface area contributed by atoms with Crippen molar-refractivity contribution in [1.29, 1.82) is 0 Å². The quantitative estimate of drug-likeness (QED) is 0.524. The molecule has 0 aromatic carbocycles. The molecule has 1 saturated carbocycles. The van der Waals surface area contributed by atoms with Crippen molar-refractivity contribution < 1.29 is 4.74 Å². The van der Waals surface area contributed by atoms with E-state index < -0.39 is 0 Å². The van der Waals surface area contributed by atoms with Gasteiger partial charge < -0.3 is 4.74 Å². The molecule has 0 saturated heterocycles. The molecule has 0 unspecified atom stereocenters. The summed E-state index contributed by atoms with van der Waals surface area (Å²) in [5.74, 6) is 0.814. The second kappa shape index (κ2) is 6.55. The monoisotopic (exact) mass is 186 g/mol. The molecule has 1 rings (SSSR count). The lowest BCUT2D eigenvalue weighted by molar-refractivity contribution is 0.0465. The van der Waals surface area contributed by atoms with E-state index in [4.69, 9.17) is 4.74 Å². The molecular formula is C10H18OS. The highest BCUT2D eigenvalue weighted by molar-refractivity contribution is 7.80. The van der Waals surface area contributed by atoms with E-state index in [0.29, 0.717) is 6.10 Å². The molecule has 0 aromatic rings. The number of hydrogen-bond donors (Lipinski definition) is 1. The predicted molar refractivity (Wildman–Crippen MR) is 55.8 cm³/mol. The van der Waals surface area contributed by atoms with E-state index in [0.717, 1.165) is 12.4 Å². The molecule has 1 aliphatic rings. The Kier molecular flexibility index (Phi) is 5.53. The minimum absolute atomic E-state index is 0.531. The van der Waals surface area contributed by atoms with Crippen molar-refractivity contribution in [2.24, 2.45) is 0 Å². The van der Waals surface area contributed by atoms with Crippen LogP contribution in [0.2, 0.25) is 0 Å². The van der Waals surface area contributed by atoms with Gasteiger partial charge in [0.25, 0.3) is 0 Å². The minimum Gasteiger partial charge on any atom is -0.374 e. The fraction of sp³-hybridized carbons (Fsp3) is 0.800. The first-order valence-corrected chi connectivity index (χ1v) is 5.44. The molecule has 0 radical (unpaired) electrons. The average molecular weight is 186 g/mol. The lowest BCUT2D eigenvalue weighted by Gasteiger charge is -2.21. The Labute approximate surface area is 80.6 Å². The topological polar surface area (TPSA) is 9.23 Å². The molecule has 0 spiro atoms. The van der Waals surface area contributed by atoms with Crippen LogP contribution in [0.5, 0.6) is 0 Å². The summed E-state index contributed by atoms with van der Waals surface area (Å²) >= 11 is 4.08. The molecule has 0 aliphatic heterocycles. The lowest BCUT2D eigenvalue weighted by Crippen LogP contribution is -2.16. The van der Waals surface area contributed by atoms with Crippen LogP contribution >= 0.6 is 12.6 Å². The van der Waals surface area contributed by atoms with Gasteiger partial charge in [-0.1, -0.05) is 31.4 Å². The van der Waals surface area contributed by atoms with Crippen LogP contribution in [0, 0.1) is 0 Å². The first-order chi connectivity index (χ1) is 5.93. The number of rotatable bonds is 4. The highest BCUT2D eigenvalue weighted by atomic mass is 32.1. The molecule has 0 amide bonds. The van der Waals surface area contributed by atoms with Gasteiger partial charge in [-0.3, -0.25) is 0 Å². The van der Waals surface area contributed by atoms with Gasteiger partial charge in [0.05, 0.1) is 12.7 Å². The highest BCUT2D eigenvalue weighted by Gasteiger charge is 2.12. The van der Waals surface area contributed by atoms with E-state index in [1.165, 1.54) is 32.1 Å². The number of hydrogen-bond acceptors (Lipinski definition) is 2. The molecule has 12 heavy (non-hydrogen) atoms. The minimum atomic E-state index is 0.531. The maximum atomic E-state index is 5.66. The van der Waals surface area contributed by atoms with E-state index in [1.54, 1.807) is 0 Å². The van der Waals surface area contributed by atoms with Crippen LogP contribution in [0.4, 0.5) is 0 Å². The number of ether oxygens (including phenoxy) is 1. The zero-order valence-corrected chi connectivity index (χ0v) is 8.43. The van der Waals surface area contributed by atoms with Gasteiger partial charge in [-0.05, 0) is 12.8 Å². The molecule has 70 valence electrons. The third-order valence-corrected chi connectivity index (χ3v) is 2.46. The lowest BCUT2D eigenvalue weighted by atomic mass is 9.98. The first kappa shape index (κ1) is 10.1. The van der Waals surface area contributed by atoms with E-state index in [-0.39, 0.29) is 0 Å². The summed E-state index contributed by atoms with van der Waals surface area (Å²) in [7, 11) is 0. The van der Waals surface area contributed by atoms with Crippen LogP contribution in [-0.4, -0.2) is 18.5 Å². The Hall–Kier alpha value is 0.0500. The summed E-state index contributed by atoms with van der Waals surface area (Å²) in [4.78, 5) is 0. The smallest absolute Gasteiger partial charge is 0.0651 e. The van der Waals surface area contributed by atoms with E-state index in [2.05, 4.69) is 18.7 Å². The maximum Gasteiger partial charge on any atom is 0.0651 e. The Morgan fingerprint density at radius 1 is 1.17 bits per heavy atom. The van der Waals surface area contributed by atoms with Crippen LogP contribution < -0.4 is 0 Å². The average Bonchev–Trinajstić information content (AvgIpc) is 2.14. The summed E-state index contributed by atoms with van der Waals surface area (Å²) in [5, 5.41) is 0. The van der Waals surface area contributed by atoms with Crippen LogP contribution in [0.15, 0.2) is 12.2 Å². The Balaban J connectivity index is 2.01. The van der Waals surface area contributed by atoms with Gasteiger partial charge in [0.1, 0.15) is 0 Å². The zero-order chi connectivity index (χ0) is 8.65. The van der Waals surface area contributed by atoms with Crippen LogP contribution in [0.1, 0.15) is 32.1 Å². The molecular weight excluding hydrogens is 168 g/mol. The fourth-order valence-corrected chi connectivity index (χ4v) is 1.72. The standard InChI is InChI=1S/C10H18OS/c12-9-5-4-8-11-10-6-2-1-3-7-10/h4-5,10,12H,1-3,6-9H2. The molecule has 1 aliphatic carbocycles. The molecule has 1 fully saturated rings. The van der Waals surface area contributed by atoms with Gasteiger partial charge >= 0.3 is 0 Å². The van der Waals surface area contributed by atoms with Crippen molar-refractivity contribution >= 4 is 12.6 Å². The largest absolute Gasteiger partial charge is 0.374 e. The predicted octanol–water partition coefficient (Wildman–Crippen LogP) is 2.82. The molecule has 1 nitrogen and oxygen atoms in total. The van der Waals surface area contributed by atoms with Crippen molar-refractivity contribution in [3.8, 4) is 0 Å². The Morgan fingerprint density at radius 2 is 1.92 bits per heavy atom. The molecule has 0 N–H and O–H groups in total. The fourth-order valence-electron chi connectivity index (χ4n) is 1.57. The normalized spacial score (nSPS) is 20.4. The van der Waals surface area contributed by atoms with Gasteiger partial charge in [-0.2, -0.15) is 12.6 Å². The first-order valence-electron chi connectivity index (χ1n) is 4.81. The van der Waals surface area contributed by atoms with Crippen molar-refractivity contribution in [2.45, 2.75) is 38.2 Å². The molecule has 0 bridgehead atoms. The molecule has 0 heterocycles. The van der Waals surface area contributed by atoms with Crippen molar-refractivity contribution in [3.63, 3.8) is 0 Å². The highest BCUT2D eigenvalue weighted by Crippen LogP contribution is 2.19. The van der Waals surface area contributed by atoms with Crippen LogP contribution in [0.25, 0.3) is 0 Å². The summed E-state index contributed by atoms with van der Waals surface area (Å²) in [5.41, 5.74) is 0. The second-order valence-corrected chi connectivity index (χ2v) is 3.61. The third kappa shape index (κ3) is 4.17.